The van der Waals surface area contributed by atoms with Crippen LogP contribution in [0.1, 0.15) is 43.4 Å². The van der Waals surface area contributed by atoms with E-state index in [9.17, 15) is 13.2 Å². The van der Waals surface area contributed by atoms with Crippen LogP contribution < -0.4 is 0 Å². The Morgan fingerprint density at radius 3 is 2.70 bits per heavy atom. The van der Waals surface area contributed by atoms with Gasteiger partial charge in [0.1, 0.15) is 11.6 Å². The summed E-state index contributed by atoms with van der Waals surface area (Å²) in [7, 11) is -2.92. The van der Waals surface area contributed by atoms with Crippen molar-refractivity contribution in [3.05, 3.63) is 11.6 Å². The largest absolute Gasteiger partial charge is 0.341 e. The molecule has 3 heterocycles. The van der Waals surface area contributed by atoms with Gasteiger partial charge in [0.2, 0.25) is 5.91 Å². The van der Waals surface area contributed by atoms with Crippen LogP contribution in [-0.2, 0) is 14.6 Å². The number of sulfone groups is 1. The first-order valence-electron chi connectivity index (χ1n) is 8.22. The van der Waals surface area contributed by atoms with Crippen LogP contribution >= 0.6 is 0 Å². The number of aromatic nitrogens is 3. The average Bonchev–Trinajstić information content (AvgIpc) is 3.00. The summed E-state index contributed by atoms with van der Waals surface area (Å²) in [4.78, 5) is 18.7. The maximum Gasteiger partial charge on any atom is 0.222 e. The van der Waals surface area contributed by atoms with Crippen molar-refractivity contribution in [2.45, 2.75) is 45.6 Å². The molecule has 23 heavy (non-hydrogen) atoms. The van der Waals surface area contributed by atoms with Crippen molar-refractivity contribution in [3.8, 4) is 0 Å². The first-order chi connectivity index (χ1) is 10.8. The highest BCUT2D eigenvalue weighted by Gasteiger charge is 2.32. The second-order valence-electron chi connectivity index (χ2n) is 6.76. The Morgan fingerprint density at radius 2 is 2.09 bits per heavy atom. The van der Waals surface area contributed by atoms with E-state index in [0.717, 1.165) is 31.0 Å². The Kier molecular flexibility index (Phi) is 4.44. The molecule has 1 aromatic rings. The number of amides is 1. The van der Waals surface area contributed by atoms with Crippen molar-refractivity contribution in [2.75, 3.05) is 24.6 Å². The molecule has 0 unspecified atom stereocenters. The van der Waals surface area contributed by atoms with E-state index in [1.807, 2.05) is 23.4 Å². The van der Waals surface area contributed by atoms with E-state index < -0.39 is 9.84 Å². The summed E-state index contributed by atoms with van der Waals surface area (Å²) in [5.41, 5.74) is 0. The third-order valence-corrected chi connectivity index (χ3v) is 6.63. The zero-order valence-electron chi connectivity index (χ0n) is 13.7. The first kappa shape index (κ1) is 16.4. The third-order valence-electron chi connectivity index (χ3n) is 4.79. The van der Waals surface area contributed by atoms with Gasteiger partial charge in [0, 0.05) is 19.5 Å². The minimum atomic E-state index is -2.92. The van der Waals surface area contributed by atoms with Crippen molar-refractivity contribution < 1.29 is 13.2 Å². The number of piperidine rings is 1. The van der Waals surface area contributed by atoms with Crippen LogP contribution in [0.15, 0.2) is 0 Å². The molecule has 2 fully saturated rings. The second kappa shape index (κ2) is 6.22. The van der Waals surface area contributed by atoms with Gasteiger partial charge in [-0.2, -0.15) is 5.10 Å². The fourth-order valence-corrected chi connectivity index (χ4v) is 5.53. The lowest BCUT2D eigenvalue weighted by Gasteiger charge is -2.33. The smallest absolute Gasteiger partial charge is 0.222 e. The molecule has 0 saturated carbocycles. The number of carbonyl (C=O) groups excluding carboxylic acids is 1. The Hall–Kier alpha value is -1.44. The first-order valence-corrected chi connectivity index (χ1v) is 10.0. The predicted octanol–water partition coefficient (Wildman–Crippen LogP) is 0.883. The van der Waals surface area contributed by atoms with Crippen molar-refractivity contribution >= 4 is 15.7 Å². The molecule has 1 amide bonds. The molecule has 0 N–H and O–H groups in total. The van der Waals surface area contributed by atoms with E-state index in [4.69, 9.17) is 0 Å². The zero-order valence-corrected chi connectivity index (χ0v) is 14.5. The van der Waals surface area contributed by atoms with Crippen molar-refractivity contribution in [3.63, 3.8) is 0 Å². The molecule has 2 aliphatic rings. The van der Waals surface area contributed by atoms with Gasteiger partial charge in [0.05, 0.1) is 17.5 Å². The summed E-state index contributed by atoms with van der Waals surface area (Å²) in [5.74, 6) is 2.09. The fourth-order valence-electron chi connectivity index (χ4n) is 3.67. The van der Waals surface area contributed by atoms with E-state index in [1.54, 1.807) is 0 Å². The van der Waals surface area contributed by atoms with Crippen molar-refractivity contribution in [1.82, 2.24) is 19.7 Å². The van der Waals surface area contributed by atoms with Crippen LogP contribution in [0, 0.1) is 19.8 Å². The summed E-state index contributed by atoms with van der Waals surface area (Å²) in [6.07, 6.45) is 2.90. The maximum atomic E-state index is 12.5. The highest BCUT2D eigenvalue weighted by atomic mass is 32.2. The summed E-state index contributed by atoms with van der Waals surface area (Å²) in [5, 5.41) is 4.44. The van der Waals surface area contributed by atoms with E-state index in [-0.39, 0.29) is 29.4 Å². The summed E-state index contributed by atoms with van der Waals surface area (Å²) in [6, 6.07) is 0.168. The molecular weight excluding hydrogens is 316 g/mol. The molecule has 0 aromatic carbocycles. The van der Waals surface area contributed by atoms with Gasteiger partial charge in [-0.05, 0) is 39.0 Å². The van der Waals surface area contributed by atoms with Crippen LogP contribution in [0.4, 0.5) is 0 Å². The summed E-state index contributed by atoms with van der Waals surface area (Å²) < 4.78 is 25.0. The van der Waals surface area contributed by atoms with Gasteiger partial charge in [-0.25, -0.2) is 18.1 Å². The molecule has 2 aliphatic heterocycles. The maximum absolute atomic E-state index is 12.5. The summed E-state index contributed by atoms with van der Waals surface area (Å²) in [6.45, 7) is 5.20. The molecule has 1 aromatic heterocycles. The average molecular weight is 340 g/mol. The van der Waals surface area contributed by atoms with Crippen LogP contribution in [0.25, 0.3) is 0 Å². The van der Waals surface area contributed by atoms with Crippen molar-refractivity contribution in [2.24, 2.45) is 5.92 Å². The lowest BCUT2D eigenvalue weighted by atomic mass is 10.0. The number of hydrogen-bond donors (Lipinski definition) is 0. The molecule has 7 nitrogen and oxygen atoms in total. The zero-order chi connectivity index (χ0) is 16.6. The third kappa shape index (κ3) is 3.73. The molecule has 8 heteroatoms. The SMILES string of the molecule is Cc1nc(C)n([C@@H]2CCCN(C(=O)C[C@@H]3CCS(=O)(=O)C3)C2)n1. The van der Waals surface area contributed by atoms with Crippen LogP contribution in [0.2, 0.25) is 0 Å². The lowest BCUT2D eigenvalue weighted by Crippen LogP contribution is -2.41. The minimum absolute atomic E-state index is 0.0109. The van der Waals surface area contributed by atoms with Crippen LogP contribution in [0.5, 0.6) is 0 Å². The van der Waals surface area contributed by atoms with Gasteiger partial charge in [-0.3, -0.25) is 4.79 Å². The second-order valence-corrected chi connectivity index (χ2v) is 8.99. The normalized spacial score (nSPS) is 27.3. The van der Waals surface area contributed by atoms with E-state index in [1.165, 1.54) is 0 Å². The van der Waals surface area contributed by atoms with E-state index in [0.29, 0.717) is 19.4 Å². The van der Waals surface area contributed by atoms with Crippen molar-refractivity contribution in [1.29, 1.82) is 0 Å². The van der Waals surface area contributed by atoms with E-state index in [2.05, 4.69) is 10.1 Å². The van der Waals surface area contributed by atoms with Crippen LogP contribution in [-0.4, -0.2) is 58.6 Å². The molecular formula is C15H24N4O3S. The summed E-state index contributed by atoms with van der Waals surface area (Å²) >= 11 is 0. The number of hydrogen-bond acceptors (Lipinski definition) is 5. The molecule has 128 valence electrons. The number of nitrogens with zero attached hydrogens (tertiary/aromatic N) is 4. The topological polar surface area (TPSA) is 85.2 Å². The molecule has 2 atom stereocenters. The van der Waals surface area contributed by atoms with Gasteiger partial charge in [0.25, 0.3) is 0 Å². The Labute approximate surface area is 137 Å². The van der Waals surface area contributed by atoms with Gasteiger partial charge in [0.15, 0.2) is 9.84 Å². The molecule has 0 radical (unpaired) electrons. The fraction of sp³-hybridized carbons (Fsp3) is 0.800. The Morgan fingerprint density at radius 1 is 1.30 bits per heavy atom. The quantitative estimate of drug-likeness (QED) is 0.815. The molecule has 0 aliphatic carbocycles. The Bertz CT molecular complexity index is 698. The lowest BCUT2D eigenvalue weighted by molar-refractivity contribution is -0.133. The number of carbonyl (C=O) groups is 1. The molecule has 3 rings (SSSR count). The van der Waals surface area contributed by atoms with E-state index >= 15 is 0 Å². The molecule has 0 spiro atoms. The highest BCUT2D eigenvalue weighted by molar-refractivity contribution is 7.91. The monoisotopic (exact) mass is 340 g/mol. The highest BCUT2D eigenvalue weighted by Crippen LogP contribution is 2.26. The molecule has 0 bridgehead atoms. The minimum Gasteiger partial charge on any atom is -0.341 e. The van der Waals surface area contributed by atoms with Crippen LogP contribution in [0.3, 0.4) is 0 Å². The number of rotatable bonds is 3. The van der Waals surface area contributed by atoms with Gasteiger partial charge in [-0.1, -0.05) is 0 Å². The number of aryl methyl sites for hydroxylation is 2. The van der Waals surface area contributed by atoms with Gasteiger partial charge in [-0.15, -0.1) is 0 Å². The van der Waals surface area contributed by atoms with Gasteiger partial charge >= 0.3 is 0 Å². The standard InChI is InChI=1S/C15H24N4O3S/c1-11-16-12(2)19(17-11)14-4-3-6-18(9-14)15(20)8-13-5-7-23(21,22)10-13/h13-14H,3-10H2,1-2H3/t13-,14+/m0/s1. The number of likely N-dealkylation sites (tertiary alicyclic amines) is 1. The molecule has 2 saturated heterocycles. The predicted molar refractivity (Wildman–Crippen MR) is 85.7 cm³/mol. The Balaban J connectivity index is 1.62. The van der Waals surface area contributed by atoms with Gasteiger partial charge < -0.3 is 4.90 Å².